The lowest BCUT2D eigenvalue weighted by Gasteiger charge is -2.24. The van der Waals surface area contributed by atoms with Gasteiger partial charge in [0, 0.05) is 29.4 Å². The molecular weight excluding hydrogens is 436 g/mol. The molecule has 2 aromatic heterocycles. The number of hydrogen-bond donors (Lipinski definition) is 1. The van der Waals surface area contributed by atoms with Gasteiger partial charge in [0.1, 0.15) is 11.5 Å². The minimum atomic E-state index is -0.729. The molecule has 0 bridgehead atoms. The molecule has 1 amide bonds. The number of benzene rings is 1. The fraction of sp³-hybridized carbons (Fsp3) is 0.174. The number of Topliss-reactive ketones (excluding diaryl/α,β-unsaturated/α-hetero) is 1. The molecule has 3 aromatic rings. The minimum absolute atomic E-state index is 0.0427. The first kappa shape index (κ1) is 21.1. The number of ether oxygens (including phenoxy) is 1. The number of aliphatic hydroxyl groups excluding tert-OH is 1. The molecule has 0 saturated carbocycles. The maximum atomic E-state index is 13.0. The number of rotatable bonds is 6. The molecule has 0 spiro atoms. The Morgan fingerprint density at radius 1 is 1.26 bits per heavy atom. The van der Waals surface area contributed by atoms with Crippen molar-refractivity contribution in [3.63, 3.8) is 0 Å². The molecule has 8 heteroatoms. The van der Waals surface area contributed by atoms with Gasteiger partial charge in [-0.25, -0.2) is 0 Å². The summed E-state index contributed by atoms with van der Waals surface area (Å²) in [5.41, 5.74) is 1.19. The molecular formula is C23H19ClN2O4S. The van der Waals surface area contributed by atoms with Gasteiger partial charge in [-0.15, -0.1) is 11.3 Å². The first-order chi connectivity index (χ1) is 15.0. The van der Waals surface area contributed by atoms with Crippen molar-refractivity contribution in [1.82, 2.24) is 9.88 Å². The highest BCUT2D eigenvalue weighted by Gasteiger charge is 2.46. The predicted molar refractivity (Wildman–Crippen MR) is 119 cm³/mol. The van der Waals surface area contributed by atoms with Crippen molar-refractivity contribution >= 4 is 40.4 Å². The van der Waals surface area contributed by atoms with E-state index in [0.29, 0.717) is 22.9 Å². The first-order valence-electron chi connectivity index (χ1n) is 9.64. The van der Waals surface area contributed by atoms with E-state index in [1.54, 1.807) is 36.7 Å². The van der Waals surface area contributed by atoms with Gasteiger partial charge in [-0.3, -0.25) is 14.6 Å². The highest BCUT2D eigenvalue weighted by molar-refractivity contribution is 7.10. The largest absolute Gasteiger partial charge is 0.507 e. The Morgan fingerprint density at radius 2 is 2.10 bits per heavy atom. The summed E-state index contributed by atoms with van der Waals surface area (Å²) in [7, 11) is 0. The van der Waals surface area contributed by atoms with Crippen LogP contribution >= 0.6 is 22.9 Å². The van der Waals surface area contributed by atoms with E-state index in [-0.39, 0.29) is 17.9 Å². The zero-order valence-corrected chi connectivity index (χ0v) is 18.2. The number of carbonyl (C=O) groups excluding carboxylic acids is 2. The topological polar surface area (TPSA) is 79.7 Å². The van der Waals surface area contributed by atoms with Gasteiger partial charge in [0.25, 0.3) is 11.7 Å². The van der Waals surface area contributed by atoms with Crippen molar-refractivity contribution < 1.29 is 19.4 Å². The number of hydrogen-bond acceptors (Lipinski definition) is 6. The van der Waals surface area contributed by atoms with E-state index in [4.69, 9.17) is 16.3 Å². The molecule has 6 nitrogen and oxygen atoms in total. The number of amides is 1. The molecule has 1 saturated heterocycles. The van der Waals surface area contributed by atoms with Crippen molar-refractivity contribution in [2.75, 3.05) is 6.61 Å². The van der Waals surface area contributed by atoms with Crippen LogP contribution in [0.1, 0.15) is 29.0 Å². The molecule has 1 unspecified atom stereocenters. The number of nitrogens with zero attached hydrogens (tertiary/aromatic N) is 2. The van der Waals surface area contributed by atoms with Crippen molar-refractivity contribution in [3.05, 3.63) is 86.8 Å². The third-order valence-corrected chi connectivity index (χ3v) is 6.17. The Kier molecular flexibility index (Phi) is 6.06. The third-order valence-electron chi connectivity index (χ3n) is 4.93. The SMILES string of the molecule is CCOc1cc(/C(O)=C2/C(=O)C(=O)N(Cc3cccnc3)C2c2cccs2)ccc1Cl. The summed E-state index contributed by atoms with van der Waals surface area (Å²) in [4.78, 5) is 32.3. The number of carbonyl (C=O) groups is 2. The van der Waals surface area contributed by atoms with Gasteiger partial charge in [-0.1, -0.05) is 23.7 Å². The second-order valence-corrected chi connectivity index (χ2v) is 8.27. The molecule has 4 rings (SSSR count). The van der Waals surface area contributed by atoms with Gasteiger partial charge >= 0.3 is 0 Å². The predicted octanol–water partition coefficient (Wildman–Crippen LogP) is 4.82. The summed E-state index contributed by atoms with van der Waals surface area (Å²) in [5, 5.41) is 13.4. The van der Waals surface area contributed by atoms with E-state index in [1.165, 1.54) is 16.2 Å². The lowest BCUT2D eigenvalue weighted by molar-refractivity contribution is -0.140. The standard InChI is InChI=1S/C23H19ClN2O4S/c1-2-30-17-11-15(7-8-16(17)24)21(27)19-20(18-6-4-10-31-18)26(23(29)22(19)28)13-14-5-3-9-25-12-14/h3-12,20,27H,2,13H2,1H3/b21-19-. The fourth-order valence-electron chi connectivity index (χ4n) is 3.55. The van der Waals surface area contributed by atoms with Crippen LogP contribution in [0.3, 0.4) is 0 Å². The van der Waals surface area contributed by atoms with Crippen molar-refractivity contribution in [2.24, 2.45) is 0 Å². The molecule has 3 heterocycles. The Bertz CT molecular complexity index is 1150. The maximum Gasteiger partial charge on any atom is 0.295 e. The van der Waals surface area contributed by atoms with E-state index in [0.717, 1.165) is 10.4 Å². The Hall–Kier alpha value is -3.16. The van der Waals surface area contributed by atoms with Crippen molar-refractivity contribution in [1.29, 1.82) is 0 Å². The number of thiophene rings is 1. The van der Waals surface area contributed by atoms with Gasteiger partial charge < -0.3 is 14.7 Å². The van der Waals surface area contributed by atoms with Crippen LogP contribution in [0.5, 0.6) is 5.75 Å². The summed E-state index contributed by atoms with van der Waals surface area (Å²) < 4.78 is 5.50. The number of pyridine rings is 1. The summed E-state index contributed by atoms with van der Waals surface area (Å²) in [6, 6.07) is 11.4. The van der Waals surface area contributed by atoms with Crippen LogP contribution in [0.4, 0.5) is 0 Å². The van der Waals surface area contributed by atoms with Crippen LogP contribution in [0.25, 0.3) is 5.76 Å². The zero-order chi connectivity index (χ0) is 22.0. The molecule has 1 fully saturated rings. The number of aromatic nitrogens is 1. The number of ketones is 1. The molecule has 0 radical (unpaired) electrons. The molecule has 1 aliphatic heterocycles. The normalized spacial score (nSPS) is 17.9. The average Bonchev–Trinajstić information content (AvgIpc) is 3.38. The fourth-order valence-corrected chi connectivity index (χ4v) is 4.56. The number of halogens is 1. The number of likely N-dealkylation sites (tertiary alicyclic amines) is 1. The Morgan fingerprint density at radius 3 is 2.77 bits per heavy atom. The molecule has 1 atom stereocenters. The van der Waals surface area contributed by atoms with Crippen LogP contribution in [0, 0.1) is 0 Å². The quantitative estimate of drug-likeness (QED) is 0.328. The summed E-state index contributed by atoms with van der Waals surface area (Å²) in [6.07, 6.45) is 3.29. The van der Waals surface area contributed by atoms with E-state index in [9.17, 15) is 14.7 Å². The van der Waals surface area contributed by atoms with Gasteiger partial charge in [-0.2, -0.15) is 0 Å². The van der Waals surface area contributed by atoms with E-state index in [1.807, 2.05) is 30.5 Å². The second-order valence-electron chi connectivity index (χ2n) is 6.88. The van der Waals surface area contributed by atoms with Crippen LogP contribution in [0.2, 0.25) is 5.02 Å². The van der Waals surface area contributed by atoms with E-state index < -0.39 is 17.7 Å². The zero-order valence-electron chi connectivity index (χ0n) is 16.6. The highest BCUT2D eigenvalue weighted by atomic mass is 35.5. The average molecular weight is 455 g/mol. The first-order valence-corrected chi connectivity index (χ1v) is 10.9. The molecule has 158 valence electrons. The minimum Gasteiger partial charge on any atom is -0.507 e. The molecule has 1 N–H and O–H groups in total. The van der Waals surface area contributed by atoms with Gasteiger partial charge in [0.2, 0.25) is 0 Å². The van der Waals surface area contributed by atoms with Crippen LogP contribution < -0.4 is 4.74 Å². The second kappa shape index (κ2) is 8.91. The summed E-state index contributed by atoms with van der Waals surface area (Å²) in [6.45, 7) is 2.42. The lowest BCUT2D eigenvalue weighted by atomic mass is 9.99. The van der Waals surface area contributed by atoms with Crippen LogP contribution in [0.15, 0.2) is 65.8 Å². The van der Waals surface area contributed by atoms with Gasteiger partial charge in [0.15, 0.2) is 0 Å². The Balaban J connectivity index is 1.82. The number of aliphatic hydroxyl groups is 1. The molecule has 31 heavy (non-hydrogen) atoms. The van der Waals surface area contributed by atoms with Crippen molar-refractivity contribution in [3.8, 4) is 5.75 Å². The molecule has 1 aromatic carbocycles. The molecule has 0 aliphatic carbocycles. The summed E-state index contributed by atoms with van der Waals surface area (Å²) in [5.74, 6) is -1.26. The third kappa shape index (κ3) is 4.06. The van der Waals surface area contributed by atoms with E-state index >= 15 is 0 Å². The lowest BCUT2D eigenvalue weighted by Crippen LogP contribution is -2.28. The summed E-state index contributed by atoms with van der Waals surface area (Å²) >= 11 is 7.57. The Labute approximate surface area is 188 Å². The highest BCUT2D eigenvalue weighted by Crippen LogP contribution is 2.42. The van der Waals surface area contributed by atoms with E-state index in [2.05, 4.69) is 4.98 Å². The van der Waals surface area contributed by atoms with Crippen LogP contribution in [-0.2, 0) is 16.1 Å². The maximum absolute atomic E-state index is 13.0. The van der Waals surface area contributed by atoms with Gasteiger partial charge in [-0.05, 0) is 48.2 Å². The van der Waals surface area contributed by atoms with Crippen molar-refractivity contribution in [2.45, 2.75) is 19.5 Å². The van der Waals surface area contributed by atoms with Gasteiger partial charge in [0.05, 0.1) is 23.2 Å². The monoisotopic (exact) mass is 454 g/mol. The van der Waals surface area contributed by atoms with Crippen LogP contribution in [-0.4, -0.2) is 33.3 Å². The molecule has 1 aliphatic rings. The smallest absolute Gasteiger partial charge is 0.295 e.